The first kappa shape index (κ1) is 27.8. The summed E-state index contributed by atoms with van der Waals surface area (Å²) in [4.78, 5) is 11.0. The van der Waals surface area contributed by atoms with Crippen molar-refractivity contribution in [2.75, 3.05) is 4.67 Å². The highest BCUT2D eigenvalue weighted by atomic mass is 32.1. The summed E-state index contributed by atoms with van der Waals surface area (Å²) in [5, 5.41) is 10.9. The molecule has 238 valence electrons. The van der Waals surface area contributed by atoms with Gasteiger partial charge in [-0.25, -0.2) is 9.97 Å². The first-order valence-corrected chi connectivity index (χ1v) is 19.2. The van der Waals surface area contributed by atoms with Gasteiger partial charge in [0.15, 0.2) is 0 Å². The molecule has 1 aliphatic rings. The largest absolute Gasteiger partial charge is 0.278 e. The Morgan fingerprint density at radius 2 is 1.24 bits per heavy atom. The van der Waals surface area contributed by atoms with E-state index < -0.39 is 8.07 Å². The molecule has 0 saturated carbocycles. The van der Waals surface area contributed by atoms with E-state index in [1.54, 1.807) is 0 Å². The predicted octanol–water partition coefficient (Wildman–Crippen LogP) is 12.1. The molecular weight excluding hydrogens is 658 g/mol. The van der Waals surface area contributed by atoms with Crippen LogP contribution in [0.3, 0.4) is 0 Å². The van der Waals surface area contributed by atoms with Crippen LogP contribution in [0.5, 0.6) is 0 Å². The number of benzene rings is 8. The van der Waals surface area contributed by atoms with Crippen molar-refractivity contribution in [2.24, 2.45) is 0 Å². The number of anilines is 2. The number of fused-ring (bicyclic) bond motifs is 13. The minimum Gasteiger partial charge on any atom is -0.278 e. The maximum atomic E-state index is 8.95. The smallest absolute Gasteiger partial charge is 0.235 e. The number of hydrogen-bond acceptors (Lipinski definition) is 4. The molecule has 51 heavy (non-hydrogen) atoms. The van der Waals surface area contributed by atoms with Gasteiger partial charge in [0, 0.05) is 48.2 Å². The quantitative estimate of drug-likeness (QED) is 0.173. The molecule has 0 N–H and O–H groups in total. The molecule has 0 bridgehead atoms. The van der Waals surface area contributed by atoms with Crippen LogP contribution in [0.15, 0.2) is 170 Å². The zero-order chi connectivity index (χ0) is 34.3. The summed E-state index contributed by atoms with van der Waals surface area (Å²) in [7, 11) is -1.22. The van der Waals surface area contributed by atoms with Crippen molar-refractivity contribution < 1.29 is 1.37 Å². The second-order valence-corrected chi connectivity index (χ2v) is 16.0. The molecule has 0 radical (unpaired) electrons. The van der Waals surface area contributed by atoms with E-state index in [0.29, 0.717) is 12.0 Å². The molecule has 0 saturated heterocycles. The van der Waals surface area contributed by atoms with Crippen LogP contribution in [-0.4, -0.2) is 9.97 Å². The number of para-hydroxylation sites is 1. The van der Waals surface area contributed by atoms with Gasteiger partial charge in [0.05, 0.1) is 31.0 Å². The Balaban J connectivity index is 1.37. The van der Waals surface area contributed by atoms with Crippen molar-refractivity contribution in [3.63, 3.8) is 0 Å². The molecule has 11 rings (SSSR count). The van der Waals surface area contributed by atoms with Crippen LogP contribution < -0.4 is 15.3 Å². The Bertz CT molecular complexity index is 3070. The maximum absolute atomic E-state index is 8.95. The van der Waals surface area contributed by atoms with E-state index in [1.807, 2.05) is 47.7 Å². The average Bonchev–Trinajstić information content (AvgIpc) is 3.60. The predicted molar refractivity (Wildman–Crippen MR) is 220 cm³/mol. The number of aromatic nitrogens is 2. The Kier molecular flexibility index (Phi) is 6.17. The van der Waals surface area contributed by atoms with E-state index in [4.69, 9.17) is 11.3 Å². The summed E-state index contributed by atoms with van der Waals surface area (Å²) in [6.45, 7) is 0. The van der Waals surface area contributed by atoms with Gasteiger partial charge in [0.2, 0.25) is 5.95 Å². The maximum Gasteiger partial charge on any atom is 0.235 e. The topological polar surface area (TPSA) is 29.0 Å². The molecule has 3 heterocycles. The van der Waals surface area contributed by atoms with Crippen molar-refractivity contribution in [1.82, 2.24) is 9.97 Å². The molecule has 8 aromatic carbocycles. The highest BCUT2D eigenvalue weighted by Gasteiger charge is 2.39. The third-order valence-electron chi connectivity index (χ3n) is 10.1. The van der Waals surface area contributed by atoms with Crippen molar-refractivity contribution in [2.45, 2.75) is 0 Å². The summed E-state index contributed by atoms with van der Waals surface area (Å²) in [5.74, 6) is 0.640. The van der Waals surface area contributed by atoms with Gasteiger partial charge in [-0.1, -0.05) is 158 Å². The molecule has 3 nitrogen and oxygen atoms in total. The molecule has 0 aliphatic carbocycles. The third kappa shape index (κ3) is 4.28. The Morgan fingerprint density at radius 1 is 0.549 bits per heavy atom. The van der Waals surface area contributed by atoms with Crippen LogP contribution in [0.4, 0.5) is 11.6 Å². The van der Waals surface area contributed by atoms with E-state index in [2.05, 4.69) is 132 Å². The Morgan fingerprint density at radius 3 is 2.10 bits per heavy atom. The van der Waals surface area contributed by atoms with Crippen molar-refractivity contribution >= 4 is 94.3 Å². The summed E-state index contributed by atoms with van der Waals surface area (Å²) < 4.78 is 13.9. The second-order valence-electron chi connectivity index (χ2n) is 12.9. The fourth-order valence-corrected chi connectivity index (χ4v) is 11.8. The van der Waals surface area contributed by atoms with Gasteiger partial charge in [0.1, 0.15) is 0 Å². The Hall–Kier alpha value is -5.93. The molecule has 1 unspecified atom stereocenters. The first-order chi connectivity index (χ1) is 25.7. The van der Waals surface area contributed by atoms with E-state index in [0.717, 1.165) is 27.8 Å². The zero-order valence-electron chi connectivity index (χ0n) is 28.3. The van der Waals surface area contributed by atoms with Crippen molar-refractivity contribution in [3.8, 4) is 22.4 Å². The number of hydrogen-bond donors (Lipinski definition) is 0. The molecule has 0 fully saturated rings. The van der Waals surface area contributed by atoms with Gasteiger partial charge in [-0.2, -0.15) is 0 Å². The van der Waals surface area contributed by atoms with Crippen molar-refractivity contribution in [3.05, 3.63) is 170 Å². The minimum atomic E-state index is -1.22. The van der Waals surface area contributed by atoms with E-state index in [9.17, 15) is 0 Å². The fraction of sp³-hybridized carbons (Fsp3) is 0. The molecule has 1 aliphatic heterocycles. The number of rotatable bonds is 3. The van der Waals surface area contributed by atoms with Gasteiger partial charge < -0.3 is 0 Å². The highest BCUT2D eigenvalue weighted by molar-refractivity contribution is 7.75. The lowest BCUT2D eigenvalue weighted by Crippen LogP contribution is -2.31. The van der Waals surface area contributed by atoms with Crippen LogP contribution in [0.2, 0.25) is 0 Å². The van der Waals surface area contributed by atoms with E-state index in [1.165, 1.54) is 63.5 Å². The van der Waals surface area contributed by atoms with E-state index >= 15 is 0 Å². The normalized spacial score (nSPS) is 14.3. The lowest BCUT2D eigenvalue weighted by atomic mass is 9.90. The summed E-state index contributed by atoms with van der Waals surface area (Å²) in [5.41, 5.74) is 6.07. The van der Waals surface area contributed by atoms with Crippen LogP contribution in [0, 0.1) is 0 Å². The standard InChI is InChI=1S/C46H28N3PS/c1-3-16-30(17-4-1)43-35-23-11-13-25-37(35)47-46(48-43)49-44-42(34-22-10-9-21-33(34)40-36-24-12-14-26-39(36)51-45(40)44)41-32-20-8-7-15-29(32)27-28-38(41)50(49)31-18-5-2-6-19-31/h1-28H/i16D. The van der Waals surface area contributed by atoms with Gasteiger partial charge >= 0.3 is 0 Å². The molecule has 0 spiro atoms. The van der Waals surface area contributed by atoms with Gasteiger partial charge in [0.25, 0.3) is 0 Å². The SMILES string of the molecule is [2H]c1ccccc1-c1nc(N2c3c(c4ccccc4c4c3sc3ccccc34)-c3c(ccc4ccccc34)P2c2ccccc2)nc2ccccc12. The molecule has 2 aromatic heterocycles. The van der Waals surface area contributed by atoms with Gasteiger partial charge in [-0.05, 0) is 33.7 Å². The third-order valence-corrected chi connectivity index (χ3v) is 13.6. The molecule has 0 amide bonds. The number of thiophene rings is 1. The average molecular weight is 687 g/mol. The van der Waals surface area contributed by atoms with Crippen LogP contribution >= 0.6 is 19.4 Å². The highest BCUT2D eigenvalue weighted by Crippen LogP contribution is 2.62. The lowest BCUT2D eigenvalue weighted by molar-refractivity contribution is 1.17. The molecule has 10 aromatic rings. The van der Waals surface area contributed by atoms with Crippen LogP contribution in [0.25, 0.3) is 75.0 Å². The minimum absolute atomic E-state index is 0.441. The first-order valence-electron chi connectivity index (χ1n) is 17.6. The van der Waals surface area contributed by atoms with Crippen LogP contribution in [0.1, 0.15) is 1.37 Å². The summed E-state index contributed by atoms with van der Waals surface area (Å²) in [6, 6.07) is 58.4. The van der Waals surface area contributed by atoms with Crippen molar-refractivity contribution in [1.29, 1.82) is 0 Å². The zero-order valence-corrected chi connectivity index (χ0v) is 29.0. The lowest BCUT2D eigenvalue weighted by Gasteiger charge is -2.40. The summed E-state index contributed by atoms with van der Waals surface area (Å²) >= 11 is 1.86. The number of nitrogens with zero attached hydrogens (tertiary/aromatic N) is 3. The van der Waals surface area contributed by atoms with Crippen LogP contribution in [-0.2, 0) is 0 Å². The molecule has 1 atom stereocenters. The fourth-order valence-electron chi connectivity index (χ4n) is 7.92. The molecular formula is C46H28N3PS. The Labute approximate surface area is 301 Å². The van der Waals surface area contributed by atoms with Gasteiger partial charge in [-0.3, -0.25) is 4.67 Å². The molecule has 5 heteroatoms. The van der Waals surface area contributed by atoms with Gasteiger partial charge in [-0.15, -0.1) is 11.3 Å². The van der Waals surface area contributed by atoms with E-state index in [-0.39, 0.29) is 0 Å². The second kappa shape index (κ2) is 11.3. The summed E-state index contributed by atoms with van der Waals surface area (Å²) in [6.07, 6.45) is 0. The monoisotopic (exact) mass is 686 g/mol.